The normalized spacial score (nSPS) is 20.9. The van der Waals surface area contributed by atoms with Crippen LogP contribution in [-0.4, -0.2) is 34.9 Å². The maximum absolute atomic E-state index is 13.8. The summed E-state index contributed by atoms with van der Waals surface area (Å²) in [7, 11) is 1.82. The highest BCUT2D eigenvalue weighted by Gasteiger charge is 2.30. The largest absolute Gasteiger partial charge is 0.339 e. The van der Waals surface area contributed by atoms with Crippen molar-refractivity contribution in [3.05, 3.63) is 65.5 Å². The van der Waals surface area contributed by atoms with Gasteiger partial charge in [0.05, 0.1) is 5.56 Å². The molecule has 0 saturated heterocycles. The van der Waals surface area contributed by atoms with Crippen LogP contribution in [0.1, 0.15) is 41.6 Å². The quantitative estimate of drug-likeness (QED) is 0.872. The van der Waals surface area contributed by atoms with Crippen LogP contribution >= 0.6 is 0 Å². The van der Waals surface area contributed by atoms with Crippen molar-refractivity contribution in [2.45, 2.75) is 44.2 Å². The molecule has 1 aromatic carbocycles. The van der Waals surface area contributed by atoms with E-state index >= 15 is 0 Å². The van der Waals surface area contributed by atoms with Gasteiger partial charge in [0.25, 0.3) is 5.91 Å². The molecule has 4 nitrogen and oxygen atoms in total. The van der Waals surface area contributed by atoms with Crippen LogP contribution in [0.2, 0.25) is 0 Å². The molecule has 0 aliphatic heterocycles. The number of halogens is 2. The predicted molar refractivity (Wildman–Crippen MR) is 100 cm³/mol. The molecule has 1 fully saturated rings. The topological polar surface area (TPSA) is 59.2 Å². The number of rotatable bonds is 5. The third-order valence-corrected chi connectivity index (χ3v) is 5.59. The first-order chi connectivity index (χ1) is 13.0. The first-order valence-corrected chi connectivity index (χ1v) is 9.32. The Morgan fingerprint density at radius 1 is 1.26 bits per heavy atom. The monoisotopic (exact) mass is 373 g/mol. The number of aromatic nitrogens is 1. The van der Waals surface area contributed by atoms with Crippen LogP contribution in [-0.2, 0) is 6.42 Å². The second-order valence-corrected chi connectivity index (χ2v) is 7.33. The Bertz CT molecular complexity index is 776. The summed E-state index contributed by atoms with van der Waals surface area (Å²) in [6.07, 6.45) is 6.99. The summed E-state index contributed by atoms with van der Waals surface area (Å²) in [4.78, 5) is 18.3. The smallest absolute Gasteiger partial charge is 0.255 e. The lowest BCUT2D eigenvalue weighted by molar-refractivity contribution is 0.0668. The molecule has 6 heteroatoms. The molecule has 27 heavy (non-hydrogen) atoms. The van der Waals surface area contributed by atoms with Crippen molar-refractivity contribution in [2.75, 3.05) is 7.05 Å². The second-order valence-electron chi connectivity index (χ2n) is 7.33. The number of pyridine rings is 1. The Labute approximate surface area is 158 Å². The van der Waals surface area contributed by atoms with Crippen LogP contribution in [0, 0.1) is 17.6 Å². The summed E-state index contributed by atoms with van der Waals surface area (Å²) in [6, 6.07) is 6.94. The average Bonchev–Trinajstić information content (AvgIpc) is 2.70. The van der Waals surface area contributed by atoms with E-state index in [0.29, 0.717) is 17.5 Å². The van der Waals surface area contributed by atoms with Gasteiger partial charge in [0.15, 0.2) is 0 Å². The van der Waals surface area contributed by atoms with Crippen LogP contribution in [0.3, 0.4) is 0 Å². The molecule has 2 N–H and O–H groups in total. The Balaban J connectivity index is 1.55. The molecular formula is C21H25F2N3O. The van der Waals surface area contributed by atoms with Crippen LogP contribution in [0.5, 0.6) is 0 Å². The molecule has 1 atom stereocenters. The van der Waals surface area contributed by atoms with E-state index in [1.165, 1.54) is 6.07 Å². The van der Waals surface area contributed by atoms with E-state index in [9.17, 15) is 13.6 Å². The van der Waals surface area contributed by atoms with Crippen LogP contribution < -0.4 is 5.73 Å². The number of hydrogen-bond donors (Lipinski definition) is 1. The molecule has 1 saturated carbocycles. The minimum absolute atomic E-state index is 0.0299. The summed E-state index contributed by atoms with van der Waals surface area (Å²) in [6.45, 7) is 0. The van der Waals surface area contributed by atoms with Crippen molar-refractivity contribution in [2.24, 2.45) is 11.7 Å². The summed E-state index contributed by atoms with van der Waals surface area (Å²) in [5, 5.41) is 0. The molecule has 1 aliphatic rings. The van der Waals surface area contributed by atoms with E-state index in [0.717, 1.165) is 37.8 Å². The fraction of sp³-hybridized carbons (Fsp3) is 0.429. The van der Waals surface area contributed by atoms with Gasteiger partial charge in [0, 0.05) is 31.5 Å². The van der Waals surface area contributed by atoms with E-state index in [1.807, 2.05) is 7.05 Å². The van der Waals surface area contributed by atoms with Crippen molar-refractivity contribution in [3.63, 3.8) is 0 Å². The van der Waals surface area contributed by atoms with Gasteiger partial charge in [0.1, 0.15) is 11.6 Å². The summed E-state index contributed by atoms with van der Waals surface area (Å²) < 4.78 is 27.2. The van der Waals surface area contributed by atoms with Gasteiger partial charge in [-0.25, -0.2) is 8.78 Å². The highest BCUT2D eigenvalue weighted by Crippen LogP contribution is 2.30. The molecule has 2 aromatic rings. The van der Waals surface area contributed by atoms with Crippen molar-refractivity contribution in [1.29, 1.82) is 0 Å². The van der Waals surface area contributed by atoms with Crippen molar-refractivity contribution in [1.82, 2.24) is 9.88 Å². The number of amides is 1. The number of benzene rings is 1. The lowest BCUT2D eigenvalue weighted by Crippen LogP contribution is -2.43. The Morgan fingerprint density at radius 2 is 2.00 bits per heavy atom. The number of hydrogen-bond acceptors (Lipinski definition) is 3. The van der Waals surface area contributed by atoms with E-state index in [-0.39, 0.29) is 23.9 Å². The molecule has 1 amide bonds. The minimum atomic E-state index is -0.446. The Hall–Kier alpha value is -2.34. The van der Waals surface area contributed by atoms with Gasteiger partial charge < -0.3 is 10.6 Å². The van der Waals surface area contributed by atoms with Crippen molar-refractivity contribution < 1.29 is 13.6 Å². The summed E-state index contributed by atoms with van der Waals surface area (Å²) in [5.41, 5.74) is 7.20. The fourth-order valence-corrected chi connectivity index (χ4v) is 3.90. The number of nitrogens with two attached hydrogens (primary N) is 1. The van der Waals surface area contributed by atoms with E-state index in [2.05, 4.69) is 4.98 Å². The number of carbonyl (C=O) groups is 1. The van der Waals surface area contributed by atoms with Crippen molar-refractivity contribution in [3.8, 4) is 0 Å². The molecule has 0 spiro atoms. The van der Waals surface area contributed by atoms with Crippen LogP contribution in [0.15, 0.2) is 42.7 Å². The summed E-state index contributed by atoms with van der Waals surface area (Å²) in [5.74, 6) is -0.649. The minimum Gasteiger partial charge on any atom is -0.339 e. The Kier molecular flexibility index (Phi) is 6.16. The SMILES string of the molecule is CN(C(=O)c1cccnc1)C1CCC([C@H](N)Cc2cc(F)ccc2F)CC1. The van der Waals surface area contributed by atoms with Gasteiger partial charge in [-0.15, -0.1) is 0 Å². The summed E-state index contributed by atoms with van der Waals surface area (Å²) >= 11 is 0. The maximum atomic E-state index is 13.8. The van der Waals surface area contributed by atoms with Crippen LogP contribution in [0.25, 0.3) is 0 Å². The third kappa shape index (κ3) is 4.69. The maximum Gasteiger partial charge on any atom is 0.255 e. The van der Waals surface area contributed by atoms with E-state index in [4.69, 9.17) is 5.73 Å². The molecule has 1 heterocycles. The molecule has 1 aromatic heterocycles. The van der Waals surface area contributed by atoms with E-state index in [1.54, 1.807) is 29.4 Å². The molecule has 3 rings (SSSR count). The third-order valence-electron chi connectivity index (χ3n) is 5.59. The molecule has 0 radical (unpaired) electrons. The van der Waals surface area contributed by atoms with Gasteiger partial charge in [-0.05, 0) is 73.9 Å². The number of nitrogens with zero attached hydrogens (tertiary/aromatic N) is 2. The highest BCUT2D eigenvalue weighted by molar-refractivity contribution is 5.93. The van der Waals surface area contributed by atoms with Gasteiger partial charge in [-0.1, -0.05) is 0 Å². The lowest BCUT2D eigenvalue weighted by atomic mass is 9.79. The Morgan fingerprint density at radius 3 is 2.67 bits per heavy atom. The second kappa shape index (κ2) is 8.57. The van der Waals surface area contributed by atoms with E-state index < -0.39 is 11.6 Å². The highest BCUT2D eigenvalue weighted by atomic mass is 19.1. The zero-order chi connectivity index (χ0) is 19.4. The molecular weight excluding hydrogens is 348 g/mol. The first kappa shape index (κ1) is 19.4. The lowest BCUT2D eigenvalue weighted by Gasteiger charge is -2.36. The van der Waals surface area contributed by atoms with Gasteiger partial charge >= 0.3 is 0 Å². The average molecular weight is 373 g/mol. The molecule has 0 bridgehead atoms. The van der Waals surface area contributed by atoms with Crippen LogP contribution in [0.4, 0.5) is 8.78 Å². The van der Waals surface area contributed by atoms with Gasteiger partial charge in [-0.2, -0.15) is 0 Å². The molecule has 144 valence electrons. The number of carbonyl (C=O) groups excluding carboxylic acids is 1. The fourth-order valence-electron chi connectivity index (χ4n) is 3.90. The zero-order valence-electron chi connectivity index (χ0n) is 15.4. The van der Waals surface area contributed by atoms with Gasteiger partial charge in [0.2, 0.25) is 0 Å². The molecule has 0 unspecified atom stereocenters. The zero-order valence-corrected chi connectivity index (χ0v) is 15.4. The van der Waals surface area contributed by atoms with Gasteiger partial charge in [-0.3, -0.25) is 9.78 Å². The van der Waals surface area contributed by atoms with Crippen molar-refractivity contribution >= 4 is 5.91 Å². The predicted octanol–water partition coefficient (Wildman–Crippen LogP) is 3.56. The molecule has 1 aliphatic carbocycles. The first-order valence-electron chi connectivity index (χ1n) is 9.32. The standard InChI is InChI=1S/C21H25F2N3O/c1-26(21(27)15-3-2-10-25-13-15)18-7-4-14(5-8-18)20(24)12-16-11-17(22)6-9-19(16)23/h2-3,6,9-11,13-14,18,20H,4-5,7-8,12,24H2,1H3/t14?,18?,20-/m1/s1.